The number of carbonyl (C=O) groups is 2. The normalized spacial score (nSPS) is 9.88. The third-order valence-electron chi connectivity index (χ3n) is 1.99. The molecule has 0 aliphatic carbocycles. The molecule has 1 aromatic heterocycles. The summed E-state index contributed by atoms with van der Waals surface area (Å²) in [6, 6.07) is 0. The SMILES string of the molecule is COC(=O)CCCN(C)C(=O)c1nn[nH]n1. The first-order chi connectivity index (χ1) is 7.65. The maximum atomic E-state index is 11.6. The molecule has 0 aliphatic rings. The molecule has 8 nitrogen and oxygen atoms in total. The van der Waals surface area contributed by atoms with Gasteiger partial charge in [0.05, 0.1) is 7.11 Å². The minimum atomic E-state index is -0.335. The average molecular weight is 227 g/mol. The van der Waals surface area contributed by atoms with Crippen molar-refractivity contribution < 1.29 is 14.3 Å². The lowest BCUT2D eigenvalue weighted by Crippen LogP contribution is -2.29. The zero-order chi connectivity index (χ0) is 12.0. The highest BCUT2D eigenvalue weighted by molar-refractivity contribution is 5.89. The van der Waals surface area contributed by atoms with Crippen LogP contribution in [-0.4, -0.2) is 58.1 Å². The number of aromatic amines is 1. The number of carbonyl (C=O) groups excluding carboxylic acids is 2. The Hall–Kier alpha value is -1.99. The van der Waals surface area contributed by atoms with Gasteiger partial charge >= 0.3 is 5.97 Å². The van der Waals surface area contributed by atoms with E-state index in [9.17, 15) is 9.59 Å². The fourth-order valence-corrected chi connectivity index (χ4v) is 1.09. The molecule has 1 N–H and O–H groups in total. The van der Waals surface area contributed by atoms with Crippen LogP contribution in [0, 0.1) is 0 Å². The number of amides is 1. The van der Waals surface area contributed by atoms with E-state index in [2.05, 4.69) is 25.4 Å². The van der Waals surface area contributed by atoms with Gasteiger partial charge < -0.3 is 9.64 Å². The van der Waals surface area contributed by atoms with Crippen LogP contribution >= 0.6 is 0 Å². The minimum absolute atomic E-state index is 0.0144. The van der Waals surface area contributed by atoms with Gasteiger partial charge in [-0.2, -0.15) is 5.21 Å². The lowest BCUT2D eigenvalue weighted by molar-refractivity contribution is -0.140. The molecule has 0 aromatic carbocycles. The molecular formula is C8H13N5O3. The number of aromatic nitrogens is 4. The van der Waals surface area contributed by atoms with Gasteiger partial charge in [0, 0.05) is 20.0 Å². The molecule has 0 spiro atoms. The van der Waals surface area contributed by atoms with E-state index >= 15 is 0 Å². The van der Waals surface area contributed by atoms with Crippen LogP contribution in [0.5, 0.6) is 0 Å². The Morgan fingerprint density at radius 1 is 1.50 bits per heavy atom. The van der Waals surface area contributed by atoms with Crippen LogP contribution in [0.15, 0.2) is 0 Å². The van der Waals surface area contributed by atoms with Gasteiger partial charge in [0.2, 0.25) is 0 Å². The smallest absolute Gasteiger partial charge is 0.305 e. The second-order valence-corrected chi connectivity index (χ2v) is 3.14. The Morgan fingerprint density at radius 3 is 2.81 bits per heavy atom. The van der Waals surface area contributed by atoms with E-state index < -0.39 is 0 Å². The fraction of sp³-hybridized carbons (Fsp3) is 0.625. The molecular weight excluding hydrogens is 214 g/mol. The monoisotopic (exact) mass is 227 g/mol. The maximum Gasteiger partial charge on any atom is 0.305 e. The summed E-state index contributed by atoms with van der Waals surface area (Å²) in [5, 5.41) is 12.6. The van der Waals surface area contributed by atoms with Crippen LogP contribution in [0.2, 0.25) is 0 Å². The standard InChI is InChI=1S/C8H13N5O3/c1-13(5-3-4-6(14)16-2)8(15)7-9-11-12-10-7/h3-5H2,1-2H3,(H,9,10,11,12). The molecule has 1 rings (SSSR count). The summed E-state index contributed by atoms with van der Waals surface area (Å²) >= 11 is 0. The van der Waals surface area contributed by atoms with Crippen molar-refractivity contribution in [3.05, 3.63) is 5.82 Å². The number of rotatable bonds is 5. The number of tetrazole rings is 1. The molecule has 88 valence electrons. The van der Waals surface area contributed by atoms with Crippen LogP contribution < -0.4 is 0 Å². The van der Waals surface area contributed by atoms with Gasteiger partial charge in [-0.25, -0.2) is 0 Å². The minimum Gasteiger partial charge on any atom is -0.469 e. The van der Waals surface area contributed by atoms with Crippen molar-refractivity contribution in [2.75, 3.05) is 20.7 Å². The molecule has 0 saturated heterocycles. The molecule has 16 heavy (non-hydrogen) atoms. The Balaban J connectivity index is 2.33. The zero-order valence-electron chi connectivity index (χ0n) is 9.13. The van der Waals surface area contributed by atoms with Crippen molar-refractivity contribution in [2.45, 2.75) is 12.8 Å². The van der Waals surface area contributed by atoms with E-state index in [1.165, 1.54) is 12.0 Å². The van der Waals surface area contributed by atoms with E-state index in [1.54, 1.807) is 7.05 Å². The van der Waals surface area contributed by atoms with Crippen molar-refractivity contribution in [1.82, 2.24) is 25.5 Å². The summed E-state index contributed by atoms with van der Waals surface area (Å²) in [4.78, 5) is 23.8. The van der Waals surface area contributed by atoms with Gasteiger partial charge in [-0.05, 0) is 11.6 Å². The summed E-state index contributed by atoms with van der Waals surface area (Å²) in [5.41, 5.74) is 0. The van der Waals surface area contributed by atoms with Crippen molar-refractivity contribution in [1.29, 1.82) is 0 Å². The van der Waals surface area contributed by atoms with Crippen molar-refractivity contribution >= 4 is 11.9 Å². The molecule has 8 heteroatoms. The predicted octanol–water partition coefficient (Wildman–Crippen LogP) is -0.775. The van der Waals surface area contributed by atoms with Gasteiger partial charge in [-0.3, -0.25) is 9.59 Å². The van der Waals surface area contributed by atoms with E-state index in [-0.39, 0.29) is 24.1 Å². The molecule has 0 radical (unpaired) electrons. The second kappa shape index (κ2) is 5.79. The summed E-state index contributed by atoms with van der Waals surface area (Å²) in [5.74, 6) is -0.611. The van der Waals surface area contributed by atoms with Crippen molar-refractivity contribution in [3.8, 4) is 0 Å². The van der Waals surface area contributed by atoms with E-state index in [0.717, 1.165) is 0 Å². The van der Waals surface area contributed by atoms with E-state index in [1.807, 2.05) is 0 Å². The number of hydrogen-bond donors (Lipinski definition) is 1. The van der Waals surface area contributed by atoms with Crippen LogP contribution in [0.25, 0.3) is 0 Å². The summed E-state index contributed by atoms with van der Waals surface area (Å²) < 4.78 is 4.48. The lowest BCUT2D eigenvalue weighted by Gasteiger charge is -2.13. The van der Waals surface area contributed by atoms with Crippen LogP contribution in [0.1, 0.15) is 23.5 Å². The zero-order valence-corrected chi connectivity index (χ0v) is 9.13. The van der Waals surface area contributed by atoms with Gasteiger partial charge in [0.15, 0.2) is 0 Å². The highest BCUT2D eigenvalue weighted by Crippen LogP contribution is 1.98. The molecule has 0 atom stereocenters. The number of ether oxygens (including phenoxy) is 1. The fourth-order valence-electron chi connectivity index (χ4n) is 1.09. The van der Waals surface area contributed by atoms with Gasteiger partial charge in [0.1, 0.15) is 0 Å². The topological polar surface area (TPSA) is 101 Å². The first kappa shape index (κ1) is 12.1. The number of methoxy groups -OCH3 is 1. The quantitative estimate of drug-likeness (QED) is 0.662. The average Bonchev–Trinajstić information content (AvgIpc) is 2.81. The van der Waals surface area contributed by atoms with Gasteiger partial charge in [-0.15, -0.1) is 10.2 Å². The molecule has 0 fully saturated rings. The first-order valence-electron chi connectivity index (χ1n) is 4.71. The molecule has 0 unspecified atom stereocenters. The van der Waals surface area contributed by atoms with Crippen molar-refractivity contribution in [2.24, 2.45) is 0 Å². The Morgan fingerprint density at radius 2 is 2.25 bits per heavy atom. The van der Waals surface area contributed by atoms with E-state index in [0.29, 0.717) is 13.0 Å². The van der Waals surface area contributed by atoms with Crippen LogP contribution in [0.3, 0.4) is 0 Å². The lowest BCUT2D eigenvalue weighted by atomic mass is 10.3. The molecule has 1 amide bonds. The van der Waals surface area contributed by atoms with Crippen molar-refractivity contribution in [3.63, 3.8) is 0 Å². The number of nitrogens with one attached hydrogen (secondary N) is 1. The first-order valence-corrected chi connectivity index (χ1v) is 4.71. The molecule has 0 bridgehead atoms. The molecule has 0 saturated carbocycles. The largest absolute Gasteiger partial charge is 0.469 e. The maximum absolute atomic E-state index is 11.6. The number of hydrogen-bond acceptors (Lipinski definition) is 6. The highest BCUT2D eigenvalue weighted by atomic mass is 16.5. The highest BCUT2D eigenvalue weighted by Gasteiger charge is 2.15. The second-order valence-electron chi connectivity index (χ2n) is 3.14. The number of H-pyrrole nitrogens is 1. The third-order valence-corrected chi connectivity index (χ3v) is 1.99. The number of nitrogens with zero attached hydrogens (tertiary/aromatic N) is 4. The summed E-state index contributed by atoms with van der Waals surface area (Å²) in [7, 11) is 2.94. The van der Waals surface area contributed by atoms with Crippen LogP contribution in [0.4, 0.5) is 0 Å². The van der Waals surface area contributed by atoms with Gasteiger partial charge in [-0.1, -0.05) is 0 Å². The number of esters is 1. The summed E-state index contributed by atoms with van der Waals surface area (Å²) in [6.07, 6.45) is 0.813. The Bertz CT molecular complexity index is 351. The van der Waals surface area contributed by atoms with E-state index in [4.69, 9.17) is 0 Å². The van der Waals surface area contributed by atoms with Crippen LogP contribution in [-0.2, 0) is 9.53 Å². The Labute approximate surface area is 92.0 Å². The molecule has 1 aromatic rings. The third kappa shape index (κ3) is 3.30. The Kier molecular flexibility index (Phi) is 4.37. The van der Waals surface area contributed by atoms with Gasteiger partial charge in [0.25, 0.3) is 11.7 Å². The molecule has 1 heterocycles. The predicted molar refractivity (Wildman–Crippen MR) is 52.4 cm³/mol. The molecule has 0 aliphatic heterocycles. The summed E-state index contributed by atoms with van der Waals surface area (Å²) in [6.45, 7) is 0.433.